The second-order valence-corrected chi connectivity index (χ2v) is 6.63. The average Bonchev–Trinajstić information content (AvgIpc) is 3.33. The van der Waals surface area contributed by atoms with Crippen LogP contribution in [0.3, 0.4) is 0 Å². The van der Waals surface area contributed by atoms with E-state index in [2.05, 4.69) is 17.1 Å². The van der Waals surface area contributed by atoms with Crippen molar-refractivity contribution < 1.29 is 14.6 Å². The van der Waals surface area contributed by atoms with Gasteiger partial charge < -0.3 is 19.1 Å². The Kier molecular flexibility index (Phi) is 5.88. The van der Waals surface area contributed by atoms with Gasteiger partial charge in [-0.2, -0.15) is 0 Å². The van der Waals surface area contributed by atoms with E-state index in [1.165, 1.54) is 0 Å². The summed E-state index contributed by atoms with van der Waals surface area (Å²) >= 11 is 0. The SMILES string of the molecule is OC(COc1ccc(-c2ccccc2)cc1)COc1ccc(-n2ccnc2)cc1. The van der Waals surface area contributed by atoms with Crippen molar-refractivity contribution >= 4 is 0 Å². The van der Waals surface area contributed by atoms with Gasteiger partial charge in [0.15, 0.2) is 0 Å². The molecule has 29 heavy (non-hydrogen) atoms. The monoisotopic (exact) mass is 386 g/mol. The fourth-order valence-electron chi connectivity index (χ4n) is 2.93. The summed E-state index contributed by atoms with van der Waals surface area (Å²) < 4.78 is 13.2. The normalized spacial score (nSPS) is 11.8. The van der Waals surface area contributed by atoms with E-state index in [4.69, 9.17) is 9.47 Å². The number of ether oxygens (including phenoxy) is 2. The maximum atomic E-state index is 10.1. The van der Waals surface area contributed by atoms with Gasteiger partial charge in [-0.15, -0.1) is 0 Å². The molecular weight excluding hydrogens is 364 g/mol. The van der Waals surface area contributed by atoms with E-state index in [0.717, 1.165) is 16.8 Å². The highest BCUT2D eigenvalue weighted by Crippen LogP contribution is 2.22. The third kappa shape index (κ3) is 5.03. The number of benzene rings is 3. The minimum Gasteiger partial charge on any atom is -0.491 e. The Balaban J connectivity index is 1.24. The molecule has 5 nitrogen and oxygen atoms in total. The molecule has 1 atom stereocenters. The minimum atomic E-state index is -0.725. The van der Waals surface area contributed by atoms with Crippen LogP contribution in [0.25, 0.3) is 16.8 Å². The first kappa shape index (κ1) is 18.8. The van der Waals surface area contributed by atoms with Crippen LogP contribution in [-0.2, 0) is 0 Å². The summed E-state index contributed by atoms with van der Waals surface area (Å²) in [5, 5.41) is 10.1. The number of imidazole rings is 1. The van der Waals surface area contributed by atoms with E-state index in [1.54, 1.807) is 12.5 Å². The van der Waals surface area contributed by atoms with Gasteiger partial charge in [0.25, 0.3) is 0 Å². The first-order valence-corrected chi connectivity index (χ1v) is 9.45. The zero-order valence-electron chi connectivity index (χ0n) is 15.9. The van der Waals surface area contributed by atoms with Gasteiger partial charge in [-0.05, 0) is 47.5 Å². The van der Waals surface area contributed by atoms with E-state index in [1.807, 2.05) is 77.5 Å². The maximum absolute atomic E-state index is 10.1. The molecule has 0 aliphatic rings. The number of nitrogens with zero attached hydrogens (tertiary/aromatic N) is 2. The van der Waals surface area contributed by atoms with Crippen LogP contribution >= 0.6 is 0 Å². The third-order valence-electron chi connectivity index (χ3n) is 4.49. The number of rotatable bonds is 8. The Morgan fingerprint density at radius 3 is 1.93 bits per heavy atom. The van der Waals surface area contributed by atoms with Crippen LogP contribution in [-0.4, -0.2) is 34.0 Å². The highest BCUT2D eigenvalue weighted by molar-refractivity contribution is 5.63. The Morgan fingerprint density at radius 1 is 0.759 bits per heavy atom. The summed E-state index contributed by atoms with van der Waals surface area (Å²) in [4.78, 5) is 4.03. The van der Waals surface area contributed by atoms with Crippen molar-refractivity contribution in [1.82, 2.24) is 9.55 Å². The molecule has 0 radical (unpaired) electrons. The molecule has 0 fully saturated rings. The van der Waals surface area contributed by atoms with Gasteiger partial charge in [-0.3, -0.25) is 0 Å². The van der Waals surface area contributed by atoms with Gasteiger partial charge in [0.1, 0.15) is 30.8 Å². The standard InChI is InChI=1S/C24H22N2O3/c27-22(17-29-24-12-8-21(9-13-24)26-15-14-25-18-26)16-28-23-10-6-20(7-11-23)19-4-2-1-3-5-19/h1-15,18,22,27H,16-17H2. The molecule has 1 aromatic heterocycles. The van der Waals surface area contributed by atoms with Crippen molar-refractivity contribution in [3.8, 4) is 28.3 Å². The lowest BCUT2D eigenvalue weighted by atomic mass is 10.1. The Morgan fingerprint density at radius 2 is 1.34 bits per heavy atom. The molecule has 1 unspecified atom stereocenters. The lowest BCUT2D eigenvalue weighted by Crippen LogP contribution is -2.25. The zero-order chi connectivity index (χ0) is 19.9. The summed E-state index contributed by atoms with van der Waals surface area (Å²) in [7, 11) is 0. The average molecular weight is 386 g/mol. The van der Waals surface area contributed by atoms with Crippen LogP contribution in [0.15, 0.2) is 97.6 Å². The first-order chi connectivity index (χ1) is 14.3. The molecule has 0 bridgehead atoms. The Labute approximate surface area is 169 Å². The molecule has 1 heterocycles. The molecule has 4 aromatic rings. The van der Waals surface area contributed by atoms with Crippen molar-refractivity contribution in [1.29, 1.82) is 0 Å². The lowest BCUT2D eigenvalue weighted by Gasteiger charge is -2.14. The highest BCUT2D eigenvalue weighted by Gasteiger charge is 2.07. The molecule has 4 rings (SSSR count). The smallest absolute Gasteiger partial charge is 0.122 e. The topological polar surface area (TPSA) is 56.5 Å². The summed E-state index contributed by atoms with van der Waals surface area (Å²) in [6.45, 7) is 0.324. The number of hydrogen-bond acceptors (Lipinski definition) is 4. The van der Waals surface area contributed by atoms with Gasteiger partial charge >= 0.3 is 0 Å². The van der Waals surface area contributed by atoms with Crippen molar-refractivity contribution in [2.75, 3.05) is 13.2 Å². The van der Waals surface area contributed by atoms with Crippen molar-refractivity contribution in [3.63, 3.8) is 0 Å². The molecule has 146 valence electrons. The summed E-state index contributed by atoms with van der Waals surface area (Å²) in [6.07, 6.45) is 4.62. The molecule has 0 aliphatic heterocycles. The van der Waals surface area contributed by atoms with Crippen LogP contribution in [0.4, 0.5) is 0 Å². The molecule has 3 aromatic carbocycles. The highest BCUT2D eigenvalue weighted by atomic mass is 16.5. The Bertz CT molecular complexity index is 998. The van der Waals surface area contributed by atoms with Crippen molar-refractivity contribution in [3.05, 3.63) is 97.6 Å². The number of hydrogen-bond donors (Lipinski definition) is 1. The van der Waals surface area contributed by atoms with E-state index >= 15 is 0 Å². The van der Waals surface area contributed by atoms with Crippen LogP contribution in [0.1, 0.15) is 0 Å². The van der Waals surface area contributed by atoms with Gasteiger partial charge in [0.2, 0.25) is 0 Å². The molecule has 1 N–H and O–H groups in total. The van der Waals surface area contributed by atoms with Gasteiger partial charge in [0.05, 0.1) is 6.33 Å². The summed E-state index contributed by atoms with van der Waals surface area (Å²) in [6, 6.07) is 25.6. The fourth-order valence-corrected chi connectivity index (χ4v) is 2.93. The first-order valence-electron chi connectivity index (χ1n) is 9.45. The van der Waals surface area contributed by atoms with E-state index in [0.29, 0.717) is 11.5 Å². The second kappa shape index (κ2) is 9.08. The Hall–Kier alpha value is -3.57. The molecular formula is C24H22N2O3. The summed E-state index contributed by atoms with van der Waals surface area (Å²) in [5.41, 5.74) is 3.28. The van der Waals surface area contributed by atoms with Crippen LogP contribution in [0, 0.1) is 0 Å². The second-order valence-electron chi connectivity index (χ2n) is 6.63. The molecule has 5 heteroatoms. The lowest BCUT2D eigenvalue weighted by molar-refractivity contribution is 0.0626. The van der Waals surface area contributed by atoms with Crippen molar-refractivity contribution in [2.24, 2.45) is 0 Å². The largest absolute Gasteiger partial charge is 0.491 e. The van der Waals surface area contributed by atoms with Crippen LogP contribution in [0.5, 0.6) is 11.5 Å². The van der Waals surface area contributed by atoms with Crippen molar-refractivity contribution in [2.45, 2.75) is 6.10 Å². The zero-order valence-corrected chi connectivity index (χ0v) is 15.9. The number of aromatic nitrogens is 2. The molecule has 0 spiro atoms. The molecule has 0 saturated heterocycles. The van der Waals surface area contributed by atoms with Gasteiger partial charge in [-0.25, -0.2) is 4.98 Å². The maximum Gasteiger partial charge on any atom is 0.122 e. The number of aliphatic hydroxyl groups excluding tert-OH is 1. The summed E-state index contributed by atoms with van der Waals surface area (Å²) in [5.74, 6) is 1.41. The third-order valence-corrected chi connectivity index (χ3v) is 4.49. The van der Waals surface area contributed by atoms with E-state index in [-0.39, 0.29) is 13.2 Å². The minimum absolute atomic E-state index is 0.159. The molecule has 0 aliphatic carbocycles. The quantitative estimate of drug-likeness (QED) is 0.489. The molecule has 0 amide bonds. The predicted molar refractivity (Wildman–Crippen MR) is 112 cm³/mol. The van der Waals surface area contributed by atoms with E-state index < -0.39 is 6.10 Å². The van der Waals surface area contributed by atoms with E-state index in [9.17, 15) is 5.11 Å². The van der Waals surface area contributed by atoms with Crippen LogP contribution in [0.2, 0.25) is 0 Å². The number of aliphatic hydroxyl groups is 1. The predicted octanol–water partition coefficient (Wildman–Crippen LogP) is 4.36. The van der Waals surface area contributed by atoms with Gasteiger partial charge in [-0.1, -0.05) is 42.5 Å². The van der Waals surface area contributed by atoms with Crippen LogP contribution < -0.4 is 9.47 Å². The molecule has 0 saturated carbocycles. The van der Waals surface area contributed by atoms with Gasteiger partial charge in [0, 0.05) is 18.1 Å². The fraction of sp³-hybridized carbons (Fsp3) is 0.125.